The van der Waals surface area contributed by atoms with E-state index in [0.717, 1.165) is 35.7 Å². The highest BCUT2D eigenvalue weighted by Crippen LogP contribution is 2.19. The molecule has 0 heterocycles. The Balaban J connectivity index is 1.65. The van der Waals surface area contributed by atoms with E-state index in [-0.39, 0.29) is 18.1 Å². The summed E-state index contributed by atoms with van der Waals surface area (Å²) in [5.41, 5.74) is 0.805. The first-order valence-corrected chi connectivity index (χ1v) is 8.63. The monoisotopic (exact) mass is 340 g/mol. The summed E-state index contributed by atoms with van der Waals surface area (Å²) in [5.74, 6) is -0.914. The number of benzene rings is 2. The fraction of sp³-hybridized carbons (Fsp3) is 0.350. The van der Waals surface area contributed by atoms with Crippen molar-refractivity contribution in [1.82, 2.24) is 5.32 Å². The van der Waals surface area contributed by atoms with Crippen molar-refractivity contribution in [2.45, 2.75) is 38.5 Å². The molecule has 132 valence electrons. The summed E-state index contributed by atoms with van der Waals surface area (Å²) < 4.78 is 0. The number of hydrogen-bond acceptors (Lipinski definition) is 3. The number of rotatable bonds is 9. The smallest absolute Gasteiger partial charge is 0.287 e. The fourth-order valence-electron chi connectivity index (χ4n) is 2.67. The molecule has 5 nitrogen and oxygen atoms in total. The topological polar surface area (TPSA) is 75.3 Å². The first-order valence-electron chi connectivity index (χ1n) is 8.63. The molecule has 0 bridgehead atoms. The molecule has 0 spiro atoms. The van der Waals surface area contributed by atoms with Gasteiger partial charge in [0.1, 0.15) is 0 Å². The van der Waals surface area contributed by atoms with Crippen molar-refractivity contribution in [3.05, 3.63) is 42.5 Å². The Morgan fingerprint density at radius 1 is 0.840 bits per heavy atom. The molecule has 0 saturated carbocycles. The number of likely N-dealkylation sites (N-methyl/N-ethyl adjacent to an activating group) is 1. The first-order chi connectivity index (χ1) is 12.1. The molecule has 0 saturated heterocycles. The van der Waals surface area contributed by atoms with Gasteiger partial charge in [-0.15, -0.1) is 0 Å². The van der Waals surface area contributed by atoms with Crippen LogP contribution in [-0.4, -0.2) is 24.6 Å². The highest BCUT2D eigenvalue weighted by atomic mass is 16.2. The third-order valence-corrected chi connectivity index (χ3v) is 4.07. The van der Waals surface area contributed by atoms with E-state index in [4.69, 9.17) is 0 Å². The number of carbonyl (C=O) groups excluding carboxylic acids is 3. The van der Waals surface area contributed by atoms with Gasteiger partial charge in [-0.1, -0.05) is 43.2 Å². The molecule has 25 heavy (non-hydrogen) atoms. The third-order valence-electron chi connectivity index (χ3n) is 4.07. The summed E-state index contributed by atoms with van der Waals surface area (Å²) in [7, 11) is 1.45. The zero-order valence-corrected chi connectivity index (χ0v) is 14.5. The molecule has 2 amide bonds. The molecule has 0 aliphatic carbocycles. The summed E-state index contributed by atoms with van der Waals surface area (Å²) >= 11 is 0. The Kier molecular flexibility index (Phi) is 7.14. The van der Waals surface area contributed by atoms with Crippen LogP contribution in [0.3, 0.4) is 0 Å². The summed E-state index contributed by atoms with van der Waals surface area (Å²) in [5, 5.41) is 7.49. The highest BCUT2D eigenvalue weighted by Gasteiger charge is 2.10. The maximum Gasteiger partial charge on any atom is 0.287 e. The zero-order valence-electron chi connectivity index (χ0n) is 14.5. The van der Waals surface area contributed by atoms with Crippen molar-refractivity contribution in [1.29, 1.82) is 0 Å². The van der Waals surface area contributed by atoms with Gasteiger partial charge in [0.05, 0.1) is 0 Å². The highest BCUT2D eigenvalue weighted by molar-refractivity contribution is 6.36. The summed E-state index contributed by atoms with van der Waals surface area (Å²) in [6.07, 6.45) is 3.88. The molecule has 5 heteroatoms. The minimum Gasteiger partial charge on any atom is -0.353 e. The summed E-state index contributed by atoms with van der Waals surface area (Å²) in [4.78, 5) is 34.4. The normalized spacial score (nSPS) is 10.4. The molecule has 0 atom stereocenters. The molecule has 0 unspecified atom stereocenters. The van der Waals surface area contributed by atoms with Crippen molar-refractivity contribution < 1.29 is 14.4 Å². The number of ketones is 1. The van der Waals surface area contributed by atoms with Crippen molar-refractivity contribution in [3.63, 3.8) is 0 Å². The van der Waals surface area contributed by atoms with Crippen molar-refractivity contribution in [2.24, 2.45) is 0 Å². The fourth-order valence-corrected chi connectivity index (χ4v) is 2.67. The molecule has 2 aromatic carbocycles. The Labute approximate surface area is 147 Å². The van der Waals surface area contributed by atoms with Crippen LogP contribution in [0.25, 0.3) is 10.8 Å². The minimum atomic E-state index is -0.533. The van der Waals surface area contributed by atoms with Crippen LogP contribution in [0.2, 0.25) is 0 Å². The van der Waals surface area contributed by atoms with Crippen molar-refractivity contribution >= 4 is 34.1 Å². The van der Waals surface area contributed by atoms with Gasteiger partial charge >= 0.3 is 0 Å². The number of amides is 2. The number of fused-ring (bicyclic) bond motifs is 1. The van der Waals surface area contributed by atoms with Crippen molar-refractivity contribution in [2.75, 3.05) is 12.4 Å². The number of unbranched alkanes of at least 4 members (excludes halogenated alkanes) is 3. The van der Waals surface area contributed by atoms with Gasteiger partial charge in [0.15, 0.2) is 0 Å². The molecular formula is C20H24N2O3. The number of anilines is 1. The average Bonchev–Trinajstić information content (AvgIpc) is 2.63. The molecule has 2 N–H and O–H groups in total. The molecule has 2 rings (SSSR count). The quantitative estimate of drug-likeness (QED) is 0.542. The SMILES string of the molecule is CNC(=O)C(=O)CCCCCCC(=O)Nc1ccc2ccccc2c1. The summed E-state index contributed by atoms with van der Waals surface area (Å²) in [6.45, 7) is 0. The number of carbonyl (C=O) groups is 3. The van der Waals surface area contributed by atoms with Crippen LogP contribution >= 0.6 is 0 Å². The van der Waals surface area contributed by atoms with Gasteiger partial charge in [0.25, 0.3) is 5.91 Å². The lowest BCUT2D eigenvalue weighted by Gasteiger charge is -2.07. The number of hydrogen-bond donors (Lipinski definition) is 2. The van der Waals surface area contributed by atoms with Crippen LogP contribution < -0.4 is 10.6 Å². The lowest BCUT2D eigenvalue weighted by molar-refractivity contribution is -0.137. The van der Waals surface area contributed by atoms with Crippen LogP contribution in [0.15, 0.2) is 42.5 Å². The van der Waals surface area contributed by atoms with Crippen molar-refractivity contribution in [3.8, 4) is 0 Å². The number of Topliss-reactive ketones (excluding diaryl/α,β-unsaturated/α-hetero) is 1. The van der Waals surface area contributed by atoms with Crippen LogP contribution in [0.1, 0.15) is 38.5 Å². The minimum absolute atomic E-state index is 0.00304. The van der Waals surface area contributed by atoms with Gasteiger partial charge < -0.3 is 10.6 Å². The Morgan fingerprint density at radius 2 is 1.52 bits per heavy atom. The first kappa shape index (κ1) is 18.6. The molecule has 0 aliphatic heterocycles. The molecule has 2 aromatic rings. The Hall–Kier alpha value is -2.69. The second kappa shape index (κ2) is 9.57. The van der Waals surface area contributed by atoms with E-state index >= 15 is 0 Å². The van der Waals surface area contributed by atoms with Gasteiger partial charge in [0.2, 0.25) is 11.7 Å². The average molecular weight is 340 g/mol. The summed E-state index contributed by atoms with van der Waals surface area (Å²) in [6, 6.07) is 13.9. The second-order valence-electron chi connectivity index (χ2n) is 6.03. The number of nitrogens with one attached hydrogen (secondary N) is 2. The Morgan fingerprint density at radius 3 is 2.24 bits per heavy atom. The lowest BCUT2D eigenvalue weighted by Crippen LogP contribution is -2.27. The molecular weight excluding hydrogens is 316 g/mol. The van der Waals surface area contributed by atoms with Gasteiger partial charge in [-0.05, 0) is 35.7 Å². The largest absolute Gasteiger partial charge is 0.353 e. The van der Waals surface area contributed by atoms with Crippen LogP contribution in [0, 0.1) is 0 Å². The van der Waals surface area contributed by atoms with Crippen LogP contribution in [0.4, 0.5) is 5.69 Å². The van der Waals surface area contributed by atoms with E-state index in [0.29, 0.717) is 12.8 Å². The van der Waals surface area contributed by atoms with Gasteiger partial charge in [0, 0.05) is 25.6 Å². The maximum absolute atomic E-state index is 12.0. The zero-order chi connectivity index (χ0) is 18.1. The van der Waals surface area contributed by atoms with Crippen LogP contribution in [0.5, 0.6) is 0 Å². The molecule has 0 fully saturated rings. The van der Waals surface area contributed by atoms with Gasteiger partial charge in [-0.25, -0.2) is 0 Å². The predicted molar refractivity (Wildman–Crippen MR) is 99.4 cm³/mol. The third kappa shape index (κ3) is 6.03. The molecule has 0 aliphatic rings. The van der Waals surface area contributed by atoms with E-state index in [9.17, 15) is 14.4 Å². The van der Waals surface area contributed by atoms with E-state index in [1.165, 1.54) is 7.05 Å². The second-order valence-corrected chi connectivity index (χ2v) is 6.03. The standard InChI is InChI=1S/C20H24N2O3/c1-21-20(25)18(23)10-4-2-3-5-11-19(24)22-17-13-12-15-8-6-7-9-16(15)14-17/h6-9,12-14H,2-5,10-11H2,1H3,(H,21,25)(H,22,24). The van der Waals surface area contributed by atoms with Crippen LogP contribution in [-0.2, 0) is 14.4 Å². The van der Waals surface area contributed by atoms with E-state index in [1.54, 1.807) is 0 Å². The van der Waals surface area contributed by atoms with E-state index < -0.39 is 5.91 Å². The Bertz CT molecular complexity index is 755. The van der Waals surface area contributed by atoms with E-state index in [2.05, 4.69) is 10.6 Å². The molecule has 0 aromatic heterocycles. The molecule has 0 radical (unpaired) electrons. The maximum atomic E-state index is 12.0. The van der Waals surface area contributed by atoms with E-state index in [1.807, 2.05) is 42.5 Å². The lowest BCUT2D eigenvalue weighted by atomic mass is 10.1. The predicted octanol–water partition coefficient (Wildman–Crippen LogP) is 3.43. The van der Waals surface area contributed by atoms with Gasteiger partial charge in [-0.2, -0.15) is 0 Å². The van der Waals surface area contributed by atoms with Gasteiger partial charge in [-0.3, -0.25) is 14.4 Å².